The molecule has 2 heterocycles. The number of likely N-dealkylation sites (tertiary alicyclic amines) is 1. The zero-order valence-electron chi connectivity index (χ0n) is 16.6. The van der Waals surface area contributed by atoms with Crippen LogP contribution < -0.4 is 0 Å². The third kappa shape index (κ3) is 4.13. The molecule has 1 aromatic carbocycles. The van der Waals surface area contributed by atoms with E-state index in [4.69, 9.17) is 9.36 Å². The van der Waals surface area contributed by atoms with E-state index < -0.39 is 0 Å². The van der Waals surface area contributed by atoms with E-state index >= 15 is 0 Å². The van der Waals surface area contributed by atoms with Crippen LogP contribution >= 0.6 is 0 Å². The smallest absolute Gasteiger partial charge is 0.254 e. The monoisotopic (exact) mass is 392 g/mol. The highest BCUT2D eigenvalue weighted by Gasteiger charge is 2.38. The lowest BCUT2D eigenvalue weighted by atomic mass is 9.95. The van der Waals surface area contributed by atoms with E-state index in [2.05, 4.69) is 33.5 Å². The van der Waals surface area contributed by atoms with Crippen molar-refractivity contribution < 1.29 is 14.2 Å². The van der Waals surface area contributed by atoms with Crippen molar-refractivity contribution in [3.63, 3.8) is 0 Å². The van der Waals surface area contributed by atoms with Crippen molar-refractivity contribution in [2.75, 3.05) is 13.7 Å². The quantitative estimate of drug-likeness (QED) is 0.741. The number of nitrogens with zero attached hydrogens (tertiary/aromatic N) is 4. The number of hydrogen-bond acceptors (Lipinski definition) is 6. The maximum Gasteiger partial charge on any atom is 0.254 e. The summed E-state index contributed by atoms with van der Waals surface area (Å²) < 4.78 is 5.13. The average Bonchev–Trinajstić information content (AvgIpc) is 3.27. The van der Waals surface area contributed by atoms with E-state index in [1.54, 1.807) is 11.8 Å². The van der Waals surface area contributed by atoms with Gasteiger partial charge in [-0.25, -0.2) is 0 Å². The van der Waals surface area contributed by atoms with E-state index in [0.717, 1.165) is 18.6 Å². The predicted molar refractivity (Wildman–Crippen MR) is 108 cm³/mol. The number of aryl methyl sites for hydroxylation is 1. The summed E-state index contributed by atoms with van der Waals surface area (Å²) in [5.41, 5.74) is 2.74. The Hall–Kier alpha value is -3.22. The van der Waals surface area contributed by atoms with Gasteiger partial charge in [-0.05, 0) is 18.4 Å². The maximum absolute atomic E-state index is 13.4. The number of oxime groups is 1. The molecule has 0 radical (unpaired) electrons. The largest absolute Gasteiger partial charge is 0.399 e. The molecule has 29 heavy (non-hydrogen) atoms. The van der Waals surface area contributed by atoms with Gasteiger partial charge in [0.2, 0.25) is 5.89 Å². The number of rotatable bonds is 4. The number of allylic oxidation sites excluding steroid dienone is 2. The number of carbonyl (C=O) groups is 1. The number of carbonyl (C=O) groups excluding carboxylic acids is 1. The summed E-state index contributed by atoms with van der Waals surface area (Å²) in [7, 11) is 1.51. The lowest BCUT2D eigenvalue weighted by Gasteiger charge is -2.22. The van der Waals surface area contributed by atoms with Gasteiger partial charge in [0, 0.05) is 24.8 Å². The fourth-order valence-corrected chi connectivity index (χ4v) is 3.90. The standard InChI is InChI=1S/C22H24N4O3/c1-15-23-21(25-29-15)20-13-19(24-28-2)14-26(20)22(27)18-10-6-9-17(11-12-18)16-7-4-3-5-8-16/h3-5,7-8,10-12,17,20H,6,9,13-14H2,1-2H3. The second kappa shape index (κ2) is 8.43. The summed E-state index contributed by atoms with van der Waals surface area (Å²) in [5, 5.41) is 8.08. The molecule has 150 valence electrons. The summed E-state index contributed by atoms with van der Waals surface area (Å²) in [5.74, 6) is 1.22. The van der Waals surface area contributed by atoms with Crippen molar-refractivity contribution in [1.29, 1.82) is 0 Å². The van der Waals surface area contributed by atoms with Gasteiger partial charge in [-0.2, -0.15) is 4.98 Å². The third-order valence-electron chi connectivity index (χ3n) is 5.31. The van der Waals surface area contributed by atoms with Crippen LogP contribution in [0, 0.1) is 6.92 Å². The molecule has 0 N–H and O–H groups in total. The van der Waals surface area contributed by atoms with Crippen LogP contribution in [0.2, 0.25) is 0 Å². The highest BCUT2D eigenvalue weighted by atomic mass is 16.6. The first-order valence-electron chi connectivity index (χ1n) is 9.79. The number of aromatic nitrogens is 2. The molecule has 1 aromatic heterocycles. The van der Waals surface area contributed by atoms with Gasteiger partial charge in [0.05, 0.1) is 12.3 Å². The normalized spacial score (nSPS) is 23.2. The van der Waals surface area contributed by atoms with Gasteiger partial charge in [-0.3, -0.25) is 4.79 Å². The Labute approximate surface area is 169 Å². The van der Waals surface area contributed by atoms with Gasteiger partial charge in [-0.15, -0.1) is 0 Å². The molecule has 1 fully saturated rings. The highest BCUT2D eigenvalue weighted by molar-refractivity contribution is 6.01. The molecule has 2 atom stereocenters. The summed E-state index contributed by atoms with van der Waals surface area (Å²) >= 11 is 0. The Morgan fingerprint density at radius 3 is 2.86 bits per heavy atom. The number of amides is 1. The van der Waals surface area contributed by atoms with Crippen molar-refractivity contribution in [1.82, 2.24) is 15.0 Å². The first-order valence-corrected chi connectivity index (χ1v) is 9.79. The average molecular weight is 392 g/mol. The van der Waals surface area contributed by atoms with Crippen LogP contribution in [0.3, 0.4) is 0 Å². The Morgan fingerprint density at radius 2 is 2.14 bits per heavy atom. The molecule has 4 rings (SSSR count). The van der Waals surface area contributed by atoms with Gasteiger partial charge >= 0.3 is 0 Å². The fourth-order valence-electron chi connectivity index (χ4n) is 3.90. The molecule has 7 nitrogen and oxygen atoms in total. The van der Waals surface area contributed by atoms with E-state index in [1.807, 2.05) is 30.4 Å². The summed E-state index contributed by atoms with van der Waals surface area (Å²) in [6.07, 6.45) is 8.43. The van der Waals surface area contributed by atoms with E-state index in [9.17, 15) is 4.79 Å². The van der Waals surface area contributed by atoms with Crippen LogP contribution in [0.5, 0.6) is 0 Å². The summed E-state index contributed by atoms with van der Waals surface area (Å²) in [6, 6.07) is 10.1. The van der Waals surface area contributed by atoms with E-state index in [-0.39, 0.29) is 11.9 Å². The van der Waals surface area contributed by atoms with Gasteiger partial charge in [-0.1, -0.05) is 58.9 Å². The van der Waals surface area contributed by atoms with E-state index in [1.165, 1.54) is 12.7 Å². The van der Waals surface area contributed by atoms with Crippen LogP contribution in [0.1, 0.15) is 48.5 Å². The second-order valence-corrected chi connectivity index (χ2v) is 7.28. The van der Waals surface area contributed by atoms with Crippen molar-refractivity contribution in [2.45, 2.75) is 38.1 Å². The first kappa shape index (κ1) is 19.1. The Balaban J connectivity index is 1.56. The SMILES string of the molecule is CON=C1CC(c2noc(C)n2)N(C(=O)C2=CCCC(c3ccccc3)C=C2)C1. The molecule has 1 amide bonds. The molecule has 2 aliphatic rings. The third-order valence-corrected chi connectivity index (χ3v) is 5.31. The van der Waals surface area contributed by atoms with Crippen LogP contribution in [0.15, 0.2) is 63.8 Å². The van der Waals surface area contributed by atoms with Crippen molar-refractivity contribution in [3.8, 4) is 0 Å². The Bertz CT molecular complexity index is 961. The molecular weight excluding hydrogens is 368 g/mol. The lowest BCUT2D eigenvalue weighted by molar-refractivity contribution is -0.127. The van der Waals surface area contributed by atoms with E-state index in [0.29, 0.717) is 36.2 Å². The van der Waals surface area contributed by atoms with Crippen molar-refractivity contribution >= 4 is 11.6 Å². The lowest BCUT2D eigenvalue weighted by Crippen LogP contribution is -2.32. The van der Waals surface area contributed by atoms with Gasteiger partial charge < -0.3 is 14.3 Å². The minimum absolute atomic E-state index is 0.0521. The maximum atomic E-state index is 13.4. The van der Waals surface area contributed by atoms with Crippen LogP contribution in [0.4, 0.5) is 0 Å². The fraction of sp³-hybridized carbons (Fsp3) is 0.364. The Morgan fingerprint density at radius 1 is 1.31 bits per heavy atom. The molecule has 1 saturated heterocycles. The van der Waals surface area contributed by atoms with Gasteiger partial charge in [0.15, 0.2) is 5.82 Å². The second-order valence-electron chi connectivity index (χ2n) is 7.28. The molecule has 7 heteroatoms. The van der Waals surface area contributed by atoms with Gasteiger partial charge in [0.25, 0.3) is 5.91 Å². The van der Waals surface area contributed by atoms with Crippen molar-refractivity contribution in [3.05, 3.63) is 71.4 Å². The summed E-state index contributed by atoms with van der Waals surface area (Å²) in [6.45, 7) is 2.13. The molecule has 0 bridgehead atoms. The summed E-state index contributed by atoms with van der Waals surface area (Å²) in [4.78, 5) is 24.4. The van der Waals surface area contributed by atoms with Crippen LogP contribution in [0.25, 0.3) is 0 Å². The molecule has 1 aliphatic heterocycles. The minimum atomic E-state index is -0.309. The highest BCUT2D eigenvalue weighted by Crippen LogP contribution is 2.32. The Kier molecular flexibility index (Phi) is 5.55. The zero-order valence-corrected chi connectivity index (χ0v) is 16.6. The minimum Gasteiger partial charge on any atom is -0.399 e. The van der Waals surface area contributed by atoms with Crippen molar-refractivity contribution in [2.24, 2.45) is 5.16 Å². The number of benzene rings is 1. The molecule has 2 aromatic rings. The molecule has 0 spiro atoms. The number of hydrogen-bond donors (Lipinski definition) is 0. The van der Waals surface area contributed by atoms with Crippen LogP contribution in [-0.4, -0.2) is 40.3 Å². The zero-order chi connectivity index (χ0) is 20.2. The molecule has 0 saturated carbocycles. The molecule has 2 unspecified atom stereocenters. The van der Waals surface area contributed by atoms with Gasteiger partial charge in [0.1, 0.15) is 13.2 Å². The molecular formula is C22H24N4O3. The topological polar surface area (TPSA) is 80.8 Å². The first-order chi connectivity index (χ1) is 14.2. The molecule has 1 aliphatic carbocycles. The van der Waals surface area contributed by atoms with Crippen LogP contribution in [-0.2, 0) is 9.63 Å². The predicted octanol–water partition coefficient (Wildman–Crippen LogP) is 3.71.